The number of hydrogen-bond acceptors (Lipinski definition) is 4. The molecule has 3 N–H and O–H groups in total. The minimum Gasteiger partial charge on any atom is -0.370 e. The summed E-state index contributed by atoms with van der Waals surface area (Å²) in [5.74, 6) is 0.591. The summed E-state index contributed by atoms with van der Waals surface area (Å²) in [4.78, 5) is 11.5. The smallest absolute Gasteiger partial charge is 0.188 e. The van der Waals surface area contributed by atoms with Crippen LogP contribution in [0.1, 0.15) is 43.3 Å². The monoisotopic (exact) mass is 451 g/mol. The highest BCUT2D eigenvalue weighted by molar-refractivity contribution is 14.0. The molecule has 1 saturated heterocycles. The zero-order chi connectivity index (χ0) is 15.8. The molecule has 0 aromatic carbocycles. The van der Waals surface area contributed by atoms with Gasteiger partial charge in [-0.25, -0.2) is 4.98 Å². The van der Waals surface area contributed by atoms with Crippen LogP contribution in [-0.4, -0.2) is 48.1 Å². The van der Waals surface area contributed by atoms with Gasteiger partial charge in [0.1, 0.15) is 0 Å². The van der Waals surface area contributed by atoms with Gasteiger partial charge in [-0.15, -0.1) is 35.3 Å². The SMILES string of the molecule is CCN1CCCC1CN=C(N)NCCCCc1nc(C)cs1.I. The lowest BCUT2D eigenvalue weighted by atomic mass is 10.2. The van der Waals surface area contributed by atoms with Gasteiger partial charge in [0.15, 0.2) is 5.96 Å². The first kappa shape index (κ1) is 20.6. The van der Waals surface area contributed by atoms with Crippen LogP contribution < -0.4 is 11.1 Å². The molecule has 1 fully saturated rings. The average Bonchev–Trinajstić information content (AvgIpc) is 3.13. The zero-order valence-electron chi connectivity index (χ0n) is 14.3. The average molecular weight is 451 g/mol. The lowest BCUT2D eigenvalue weighted by molar-refractivity contribution is 0.273. The summed E-state index contributed by atoms with van der Waals surface area (Å²) < 4.78 is 0. The van der Waals surface area contributed by atoms with E-state index in [0.29, 0.717) is 12.0 Å². The number of hydrogen-bond donors (Lipinski definition) is 2. The molecular weight excluding hydrogens is 421 g/mol. The first-order chi connectivity index (χ1) is 10.7. The number of likely N-dealkylation sites (N-methyl/N-ethyl adjacent to an activating group) is 1. The lowest BCUT2D eigenvalue weighted by Gasteiger charge is -2.20. The van der Waals surface area contributed by atoms with E-state index in [4.69, 9.17) is 5.73 Å². The Kier molecular flexibility index (Phi) is 10.0. The maximum Gasteiger partial charge on any atom is 0.188 e. The molecule has 2 rings (SSSR count). The Labute approximate surface area is 161 Å². The van der Waals surface area contributed by atoms with Crippen molar-refractivity contribution in [2.75, 3.05) is 26.2 Å². The molecule has 1 aliphatic rings. The normalized spacial score (nSPS) is 18.9. The number of aryl methyl sites for hydroxylation is 2. The summed E-state index contributed by atoms with van der Waals surface area (Å²) in [6, 6.07) is 0.582. The van der Waals surface area contributed by atoms with Gasteiger partial charge in [-0.3, -0.25) is 9.89 Å². The van der Waals surface area contributed by atoms with E-state index in [2.05, 4.69) is 32.5 Å². The largest absolute Gasteiger partial charge is 0.370 e. The van der Waals surface area contributed by atoms with Gasteiger partial charge in [0.05, 0.1) is 11.6 Å². The van der Waals surface area contributed by atoms with Crippen LogP contribution in [0.5, 0.6) is 0 Å². The molecule has 132 valence electrons. The predicted octanol–water partition coefficient (Wildman–Crippen LogP) is 2.78. The van der Waals surface area contributed by atoms with Crippen molar-refractivity contribution in [3.8, 4) is 0 Å². The van der Waals surface area contributed by atoms with Crippen LogP contribution in [0.25, 0.3) is 0 Å². The first-order valence-electron chi connectivity index (χ1n) is 8.38. The Bertz CT molecular complexity index is 477. The summed E-state index contributed by atoms with van der Waals surface area (Å²) >= 11 is 1.75. The maximum absolute atomic E-state index is 5.95. The standard InChI is InChI=1S/C16H29N5S.HI/c1-3-21-10-6-7-14(21)11-19-16(17)18-9-5-4-8-15-20-13(2)12-22-15;/h12,14H,3-11H2,1-2H3,(H3,17,18,19);1H. The number of thiazole rings is 1. The number of nitrogens with two attached hydrogens (primary N) is 1. The second-order valence-electron chi connectivity index (χ2n) is 5.92. The van der Waals surface area contributed by atoms with E-state index >= 15 is 0 Å². The summed E-state index contributed by atoms with van der Waals surface area (Å²) in [6.07, 6.45) is 5.83. The molecule has 0 amide bonds. The molecule has 1 aromatic rings. The fourth-order valence-corrected chi connectivity index (χ4v) is 3.73. The number of nitrogens with zero attached hydrogens (tertiary/aromatic N) is 3. The molecule has 0 saturated carbocycles. The van der Waals surface area contributed by atoms with Crippen LogP contribution in [0.15, 0.2) is 10.4 Å². The predicted molar refractivity (Wildman–Crippen MR) is 110 cm³/mol. The number of guanidine groups is 1. The molecule has 7 heteroatoms. The van der Waals surface area contributed by atoms with Gasteiger partial charge < -0.3 is 11.1 Å². The molecule has 2 heterocycles. The number of halogens is 1. The molecule has 0 aliphatic carbocycles. The van der Waals surface area contributed by atoms with Gasteiger partial charge in [-0.2, -0.15) is 0 Å². The molecule has 23 heavy (non-hydrogen) atoms. The second kappa shape index (κ2) is 11.2. The van der Waals surface area contributed by atoms with E-state index in [9.17, 15) is 0 Å². The van der Waals surface area contributed by atoms with Gasteiger partial charge in [-0.1, -0.05) is 6.92 Å². The molecule has 1 atom stereocenters. The molecule has 5 nitrogen and oxygen atoms in total. The number of aliphatic imine (C=N–C) groups is 1. The molecule has 1 unspecified atom stereocenters. The highest BCUT2D eigenvalue weighted by atomic mass is 127. The van der Waals surface area contributed by atoms with Crippen LogP contribution >= 0.6 is 35.3 Å². The third-order valence-corrected chi connectivity index (χ3v) is 5.19. The molecule has 0 bridgehead atoms. The fourth-order valence-electron chi connectivity index (χ4n) is 2.91. The summed E-state index contributed by atoms with van der Waals surface area (Å²) in [6.45, 7) is 8.30. The third kappa shape index (κ3) is 7.34. The van der Waals surface area contributed by atoms with Gasteiger partial charge in [0.25, 0.3) is 0 Å². The minimum absolute atomic E-state index is 0. The van der Waals surface area contributed by atoms with Gasteiger partial charge in [0, 0.05) is 23.7 Å². The quantitative estimate of drug-likeness (QED) is 0.276. The Morgan fingerprint density at radius 2 is 2.35 bits per heavy atom. The topological polar surface area (TPSA) is 66.5 Å². The van der Waals surface area contributed by atoms with E-state index in [0.717, 1.165) is 44.6 Å². The number of likely N-dealkylation sites (tertiary alicyclic amines) is 1. The Morgan fingerprint density at radius 3 is 3.04 bits per heavy atom. The van der Waals surface area contributed by atoms with Crippen LogP contribution in [-0.2, 0) is 6.42 Å². The van der Waals surface area contributed by atoms with E-state index in [1.165, 1.54) is 24.4 Å². The van der Waals surface area contributed by atoms with Crippen LogP contribution in [0.3, 0.4) is 0 Å². The molecule has 1 aromatic heterocycles. The summed E-state index contributed by atoms with van der Waals surface area (Å²) in [7, 11) is 0. The van der Waals surface area contributed by atoms with Crippen LogP contribution in [0.4, 0.5) is 0 Å². The van der Waals surface area contributed by atoms with E-state index < -0.39 is 0 Å². The van der Waals surface area contributed by atoms with Crippen molar-refractivity contribution in [3.05, 3.63) is 16.1 Å². The van der Waals surface area contributed by atoms with Crippen LogP contribution in [0, 0.1) is 6.92 Å². The van der Waals surface area contributed by atoms with E-state index in [1.807, 2.05) is 6.92 Å². The maximum atomic E-state index is 5.95. The highest BCUT2D eigenvalue weighted by Gasteiger charge is 2.22. The molecular formula is C16H30IN5S. The van der Waals surface area contributed by atoms with Crippen molar-refractivity contribution in [3.63, 3.8) is 0 Å². The third-order valence-electron chi connectivity index (χ3n) is 4.17. The van der Waals surface area contributed by atoms with Crippen molar-refractivity contribution < 1.29 is 0 Å². The number of unbranched alkanes of at least 4 members (excludes halogenated alkanes) is 1. The highest BCUT2D eigenvalue weighted by Crippen LogP contribution is 2.16. The minimum atomic E-state index is 0. The number of nitrogens with one attached hydrogen (secondary N) is 1. The van der Waals surface area contributed by atoms with Gasteiger partial charge >= 0.3 is 0 Å². The molecule has 1 aliphatic heterocycles. The van der Waals surface area contributed by atoms with Gasteiger partial charge in [-0.05, 0) is 52.1 Å². The van der Waals surface area contributed by atoms with E-state index in [-0.39, 0.29) is 24.0 Å². The van der Waals surface area contributed by atoms with Crippen LogP contribution in [0.2, 0.25) is 0 Å². The van der Waals surface area contributed by atoms with Crippen molar-refractivity contribution in [1.29, 1.82) is 0 Å². The zero-order valence-corrected chi connectivity index (χ0v) is 17.4. The van der Waals surface area contributed by atoms with Crippen molar-refractivity contribution in [2.45, 2.75) is 52.0 Å². The second-order valence-corrected chi connectivity index (χ2v) is 6.86. The van der Waals surface area contributed by atoms with Gasteiger partial charge in [0.2, 0.25) is 0 Å². The number of rotatable bonds is 8. The summed E-state index contributed by atoms with van der Waals surface area (Å²) in [5, 5.41) is 6.57. The Morgan fingerprint density at radius 1 is 1.52 bits per heavy atom. The van der Waals surface area contributed by atoms with E-state index in [1.54, 1.807) is 11.3 Å². The van der Waals surface area contributed by atoms with Crippen molar-refractivity contribution >= 4 is 41.3 Å². The fraction of sp³-hybridized carbons (Fsp3) is 0.750. The van der Waals surface area contributed by atoms with Crippen molar-refractivity contribution in [1.82, 2.24) is 15.2 Å². The Balaban J connectivity index is 0.00000264. The summed E-state index contributed by atoms with van der Waals surface area (Å²) in [5.41, 5.74) is 7.07. The molecule has 0 spiro atoms. The lowest BCUT2D eigenvalue weighted by Crippen LogP contribution is -2.36. The van der Waals surface area contributed by atoms with Crippen molar-refractivity contribution in [2.24, 2.45) is 10.7 Å². The Hall–Kier alpha value is -0.410. The molecule has 0 radical (unpaired) electrons. The number of aromatic nitrogens is 1. The first-order valence-corrected chi connectivity index (χ1v) is 9.26.